The zero-order valence-electron chi connectivity index (χ0n) is 21.5. The largest absolute Gasteiger partial charge is 0.393 e. The lowest BCUT2D eigenvalue weighted by Gasteiger charge is -2.68. The van der Waals surface area contributed by atoms with Crippen molar-refractivity contribution in [1.29, 1.82) is 0 Å². The highest BCUT2D eigenvalue weighted by molar-refractivity contribution is 6.01. The summed E-state index contributed by atoms with van der Waals surface area (Å²) >= 11 is 0. The molecular weight excluding hydrogens is 410 g/mol. The van der Waals surface area contributed by atoms with E-state index in [1.165, 1.54) is 24.8 Å². The van der Waals surface area contributed by atoms with Crippen molar-refractivity contribution in [3.63, 3.8) is 0 Å². The summed E-state index contributed by atoms with van der Waals surface area (Å²) in [5.41, 5.74) is 2.07. The Morgan fingerprint density at radius 2 is 1.64 bits per heavy atom. The predicted molar refractivity (Wildman–Crippen MR) is 129 cm³/mol. The maximum Gasteiger partial charge on any atom is 0.235 e. The Labute approximate surface area is 199 Å². The molecule has 4 nitrogen and oxygen atoms in total. The van der Waals surface area contributed by atoms with Crippen molar-refractivity contribution < 1.29 is 14.7 Å². The van der Waals surface area contributed by atoms with E-state index in [4.69, 9.17) is 0 Å². The molecule has 0 aromatic rings. The fourth-order valence-corrected chi connectivity index (χ4v) is 10.5. The number of fused-ring (bicyclic) bond motifs is 7. The summed E-state index contributed by atoms with van der Waals surface area (Å²) < 4.78 is 0. The van der Waals surface area contributed by atoms with Crippen LogP contribution in [-0.4, -0.2) is 28.6 Å². The zero-order valence-corrected chi connectivity index (χ0v) is 21.5. The summed E-state index contributed by atoms with van der Waals surface area (Å²) in [6.07, 6.45) is 10.6. The molecular formula is C29H43NO3. The quantitative estimate of drug-likeness (QED) is 0.410. The highest BCUT2D eigenvalue weighted by atomic mass is 16.3. The Kier molecular flexibility index (Phi) is 5.25. The molecule has 0 amide bonds. The van der Waals surface area contributed by atoms with Gasteiger partial charge in [-0.05, 0) is 108 Å². The zero-order chi connectivity index (χ0) is 24.0. The van der Waals surface area contributed by atoms with E-state index in [-0.39, 0.29) is 34.1 Å². The normalized spacial score (nSPS) is 48.5. The number of aliphatic hydroxyl groups excluding tert-OH is 1. The SMILES string of the molecule is CC(C)C1=C2[C@H]3CCC4[C@@](C)(CCC5C(C)(C)[C@@H](O)CC[C@@]54C)C3CC[C@@]2(N=C=O)CC1=O. The minimum absolute atomic E-state index is 0.0310. The third-order valence-corrected chi connectivity index (χ3v) is 11.8. The van der Waals surface area contributed by atoms with Gasteiger partial charge in [0.2, 0.25) is 6.08 Å². The van der Waals surface area contributed by atoms with Crippen molar-refractivity contribution >= 4 is 11.9 Å². The Morgan fingerprint density at radius 3 is 2.30 bits per heavy atom. The Bertz CT molecular complexity index is 943. The van der Waals surface area contributed by atoms with Gasteiger partial charge in [0.25, 0.3) is 0 Å². The standard InChI is InChI=1S/C29H43NO3/c1-17(2)24-20(32)15-29(30-16-31)14-9-19-18(25(24)29)7-8-22-27(19,5)12-10-21-26(3,4)23(33)11-13-28(21,22)6/h17-19,21-23,33H,7-15H2,1-6H3/t18-,19?,21?,22?,23-,27-,28-,29+/m0/s1. The van der Waals surface area contributed by atoms with Crippen molar-refractivity contribution in [2.45, 2.75) is 111 Å². The van der Waals surface area contributed by atoms with Crippen LogP contribution < -0.4 is 0 Å². The number of aliphatic imine (C=N–C) groups is 1. The highest BCUT2D eigenvalue weighted by Gasteiger charge is 2.66. The van der Waals surface area contributed by atoms with Gasteiger partial charge in [-0.25, -0.2) is 4.79 Å². The average molecular weight is 454 g/mol. The first-order chi connectivity index (χ1) is 15.4. The van der Waals surface area contributed by atoms with Crippen LogP contribution >= 0.6 is 0 Å². The molecule has 3 unspecified atom stereocenters. The van der Waals surface area contributed by atoms with Crippen LogP contribution in [0.3, 0.4) is 0 Å². The lowest BCUT2D eigenvalue weighted by molar-refractivity contribution is -0.201. The van der Waals surface area contributed by atoms with E-state index < -0.39 is 5.54 Å². The minimum atomic E-state index is -0.610. The molecule has 4 saturated carbocycles. The second-order valence-corrected chi connectivity index (χ2v) is 13.7. The number of isocyanates is 1. The average Bonchev–Trinajstić information content (AvgIpc) is 3.03. The molecule has 0 aromatic carbocycles. The molecule has 0 aromatic heterocycles. The van der Waals surface area contributed by atoms with E-state index in [0.29, 0.717) is 30.1 Å². The topological polar surface area (TPSA) is 66.7 Å². The summed E-state index contributed by atoms with van der Waals surface area (Å²) in [4.78, 5) is 29.0. The fraction of sp³-hybridized carbons (Fsp3) is 0.862. The predicted octanol–water partition coefficient (Wildman–Crippen LogP) is 6.03. The molecule has 33 heavy (non-hydrogen) atoms. The maximum atomic E-state index is 13.2. The van der Waals surface area contributed by atoms with Crippen LogP contribution in [0.4, 0.5) is 0 Å². The summed E-state index contributed by atoms with van der Waals surface area (Å²) in [6.45, 7) is 13.9. The van der Waals surface area contributed by atoms with Gasteiger partial charge in [0.15, 0.2) is 5.78 Å². The molecule has 0 saturated heterocycles. The molecule has 5 rings (SSSR count). The van der Waals surface area contributed by atoms with Crippen LogP contribution in [-0.2, 0) is 9.59 Å². The number of Topliss-reactive ketones (excluding diaryl/α,β-unsaturated/α-hetero) is 1. The maximum absolute atomic E-state index is 13.2. The summed E-state index contributed by atoms with van der Waals surface area (Å²) in [6, 6.07) is 0. The molecule has 0 radical (unpaired) electrons. The van der Waals surface area contributed by atoms with Crippen molar-refractivity contribution in [2.75, 3.05) is 0 Å². The van der Waals surface area contributed by atoms with Gasteiger partial charge in [-0.3, -0.25) is 4.79 Å². The number of ketones is 1. The number of carbonyl (C=O) groups excluding carboxylic acids is 2. The molecule has 4 heteroatoms. The van der Waals surface area contributed by atoms with Gasteiger partial charge >= 0.3 is 0 Å². The molecule has 5 aliphatic rings. The summed E-state index contributed by atoms with van der Waals surface area (Å²) in [5, 5.41) is 10.8. The molecule has 1 N–H and O–H groups in total. The molecule has 0 bridgehead atoms. The third-order valence-electron chi connectivity index (χ3n) is 11.8. The van der Waals surface area contributed by atoms with Gasteiger partial charge in [-0.15, -0.1) is 0 Å². The number of carbonyl (C=O) groups is 1. The number of rotatable bonds is 2. The van der Waals surface area contributed by atoms with E-state index in [1.807, 2.05) is 6.08 Å². The van der Waals surface area contributed by atoms with Gasteiger partial charge in [-0.2, -0.15) is 4.99 Å². The summed E-state index contributed by atoms with van der Waals surface area (Å²) in [7, 11) is 0. The van der Waals surface area contributed by atoms with Crippen LogP contribution in [0.25, 0.3) is 0 Å². The van der Waals surface area contributed by atoms with Crippen LogP contribution in [0.15, 0.2) is 16.1 Å². The lowest BCUT2D eigenvalue weighted by Crippen LogP contribution is -2.62. The number of hydrogen-bond donors (Lipinski definition) is 1. The van der Waals surface area contributed by atoms with Crippen LogP contribution in [0, 0.1) is 45.8 Å². The number of allylic oxidation sites excluding steroid dienone is 1. The fourth-order valence-electron chi connectivity index (χ4n) is 10.5. The van der Waals surface area contributed by atoms with Crippen LogP contribution in [0.1, 0.15) is 99.3 Å². The second-order valence-electron chi connectivity index (χ2n) is 13.7. The minimum Gasteiger partial charge on any atom is -0.393 e. The Hall–Kier alpha value is -1.25. The van der Waals surface area contributed by atoms with E-state index in [2.05, 4.69) is 46.5 Å². The van der Waals surface area contributed by atoms with Crippen molar-refractivity contribution in [3.8, 4) is 0 Å². The first kappa shape index (κ1) is 23.5. The first-order valence-corrected chi connectivity index (χ1v) is 13.5. The monoisotopic (exact) mass is 453 g/mol. The van der Waals surface area contributed by atoms with Crippen molar-refractivity contribution in [1.82, 2.24) is 0 Å². The number of nitrogens with zero attached hydrogens (tertiary/aromatic N) is 1. The number of hydrogen-bond acceptors (Lipinski definition) is 4. The van der Waals surface area contributed by atoms with E-state index >= 15 is 0 Å². The second kappa shape index (κ2) is 7.37. The van der Waals surface area contributed by atoms with Gasteiger partial charge in [0.1, 0.15) is 5.54 Å². The molecule has 0 spiro atoms. The molecule has 5 aliphatic carbocycles. The molecule has 4 fully saturated rings. The number of aliphatic hydroxyl groups is 1. The Morgan fingerprint density at radius 1 is 0.939 bits per heavy atom. The van der Waals surface area contributed by atoms with Crippen molar-refractivity contribution in [2.24, 2.45) is 50.8 Å². The van der Waals surface area contributed by atoms with Gasteiger partial charge in [0.05, 0.1) is 6.10 Å². The Balaban J connectivity index is 1.57. The smallest absolute Gasteiger partial charge is 0.235 e. The van der Waals surface area contributed by atoms with E-state index in [1.54, 1.807) is 0 Å². The van der Waals surface area contributed by atoms with Crippen molar-refractivity contribution in [3.05, 3.63) is 11.1 Å². The summed E-state index contributed by atoms with van der Waals surface area (Å²) in [5.74, 6) is 2.51. The molecule has 0 heterocycles. The van der Waals surface area contributed by atoms with Gasteiger partial charge < -0.3 is 5.11 Å². The molecule has 182 valence electrons. The van der Waals surface area contributed by atoms with E-state index in [9.17, 15) is 14.7 Å². The van der Waals surface area contributed by atoms with Crippen LogP contribution in [0.5, 0.6) is 0 Å². The highest BCUT2D eigenvalue weighted by Crippen LogP contribution is 2.72. The lowest BCUT2D eigenvalue weighted by atomic mass is 9.37. The van der Waals surface area contributed by atoms with E-state index in [0.717, 1.165) is 37.7 Å². The first-order valence-electron chi connectivity index (χ1n) is 13.5. The molecule has 8 atom stereocenters. The van der Waals surface area contributed by atoms with Crippen LogP contribution in [0.2, 0.25) is 0 Å². The van der Waals surface area contributed by atoms with Gasteiger partial charge in [0, 0.05) is 6.42 Å². The molecule has 0 aliphatic heterocycles. The third kappa shape index (κ3) is 2.95. The van der Waals surface area contributed by atoms with Gasteiger partial charge in [-0.1, -0.05) is 41.5 Å².